The molecule has 2 fully saturated rings. The molecule has 3 aliphatic rings. The van der Waals surface area contributed by atoms with Crippen molar-refractivity contribution in [3.05, 3.63) is 58.6 Å². The number of piperidine rings is 1. The highest BCUT2D eigenvalue weighted by molar-refractivity contribution is 5.79. The van der Waals surface area contributed by atoms with Gasteiger partial charge in [-0.2, -0.15) is 10.4 Å². The summed E-state index contributed by atoms with van der Waals surface area (Å²) in [5.74, 6) is 2.73. The van der Waals surface area contributed by atoms with Gasteiger partial charge in [0.1, 0.15) is 5.82 Å². The Morgan fingerprint density at radius 1 is 1.26 bits per heavy atom. The summed E-state index contributed by atoms with van der Waals surface area (Å²) in [6.07, 6.45) is 7.23. The number of rotatable bonds is 7. The summed E-state index contributed by atoms with van der Waals surface area (Å²) in [5, 5.41) is 17.1. The van der Waals surface area contributed by atoms with Crippen molar-refractivity contribution in [1.29, 1.82) is 5.26 Å². The molecule has 3 aromatic heterocycles. The monoisotopic (exact) mass is 470 g/mol. The third-order valence-corrected chi connectivity index (χ3v) is 7.76. The molecule has 1 saturated carbocycles. The van der Waals surface area contributed by atoms with Crippen LogP contribution in [0.4, 0.5) is 5.82 Å². The number of anilines is 1. The summed E-state index contributed by atoms with van der Waals surface area (Å²) < 4.78 is 3.85. The first-order valence-corrected chi connectivity index (χ1v) is 12.4. The Kier molecular flexibility index (Phi) is 5.32. The van der Waals surface area contributed by atoms with E-state index in [1.165, 1.54) is 12.1 Å². The van der Waals surface area contributed by atoms with Gasteiger partial charge < -0.3 is 14.8 Å². The lowest BCUT2D eigenvalue weighted by molar-refractivity contribution is -0.121. The van der Waals surface area contributed by atoms with Crippen LogP contribution in [0, 0.1) is 30.1 Å². The van der Waals surface area contributed by atoms with E-state index in [4.69, 9.17) is 4.98 Å². The van der Waals surface area contributed by atoms with Gasteiger partial charge in [-0.05, 0) is 49.7 Å². The molecule has 9 nitrogen and oxygen atoms in total. The average molecular weight is 471 g/mol. The number of fused-ring (bicyclic) bond motifs is 2. The van der Waals surface area contributed by atoms with Crippen molar-refractivity contribution in [2.45, 2.75) is 51.6 Å². The maximum absolute atomic E-state index is 12.9. The third kappa shape index (κ3) is 4.18. The number of hydrogen-bond donors (Lipinski definition) is 1. The molecule has 4 heterocycles. The van der Waals surface area contributed by atoms with Crippen LogP contribution in [0.25, 0.3) is 0 Å². The van der Waals surface area contributed by atoms with Gasteiger partial charge in [-0.3, -0.25) is 9.48 Å². The summed E-state index contributed by atoms with van der Waals surface area (Å²) in [5.41, 5.74) is 5.68. The first-order chi connectivity index (χ1) is 17.0. The Bertz CT molecular complexity index is 1320. The number of pyridine rings is 1. The number of aromatic nitrogens is 5. The second-order valence-corrected chi connectivity index (χ2v) is 10.2. The van der Waals surface area contributed by atoms with Crippen LogP contribution in [-0.2, 0) is 37.6 Å². The topological polar surface area (TPSA) is 105 Å². The van der Waals surface area contributed by atoms with Gasteiger partial charge in [0.15, 0.2) is 0 Å². The number of imidazole rings is 1. The minimum atomic E-state index is -0.0712. The van der Waals surface area contributed by atoms with Gasteiger partial charge in [0.25, 0.3) is 0 Å². The molecule has 0 aromatic carbocycles. The van der Waals surface area contributed by atoms with Crippen LogP contribution in [0.15, 0.2) is 24.7 Å². The zero-order valence-electron chi connectivity index (χ0n) is 20.2. The van der Waals surface area contributed by atoms with Crippen LogP contribution in [0.2, 0.25) is 0 Å². The Labute approximate surface area is 204 Å². The number of nitrogens with one attached hydrogen (secondary N) is 1. The molecule has 1 aliphatic heterocycles. The molecule has 2 unspecified atom stereocenters. The van der Waals surface area contributed by atoms with E-state index in [2.05, 4.69) is 38.5 Å². The van der Waals surface area contributed by atoms with Crippen molar-refractivity contribution in [2.75, 3.05) is 18.0 Å². The maximum Gasteiger partial charge on any atom is 0.225 e. The molecule has 180 valence electrons. The zero-order valence-corrected chi connectivity index (χ0v) is 20.2. The zero-order chi connectivity index (χ0) is 24.1. The van der Waals surface area contributed by atoms with E-state index < -0.39 is 0 Å². The maximum atomic E-state index is 12.9. The second-order valence-electron chi connectivity index (χ2n) is 10.2. The van der Waals surface area contributed by atoms with Crippen molar-refractivity contribution in [2.24, 2.45) is 18.9 Å². The molecular weight excluding hydrogens is 440 g/mol. The van der Waals surface area contributed by atoms with Crippen molar-refractivity contribution >= 4 is 11.7 Å². The predicted molar refractivity (Wildman–Crippen MR) is 130 cm³/mol. The molecule has 9 heteroatoms. The van der Waals surface area contributed by atoms with Crippen LogP contribution in [0.5, 0.6) is 0 Å². The minimum absolute atomic E-state index is 0.0538. The lowest BCUT2D eigenvalue weighted by atomic mass is 10.1. The number of carbonyl (C=O) groups excluding carboxylic acids is 1. The summed E-state index contributed by atoms with van der Waals surface area (Å²) in [6.45, 7) is 4.85. The molecule has 35 heavy (non-hydrogen) atoms. The fourth-order valence-corrected chi connectivity index (χ4v) is 5.68. The van der Waals surface area contributed by atoms with E-state index in [0.29, 0.717) is 12.2 Å². The highest BCUT2D eigenvalue weighted by atomic mass is 16.1. The Morgan fingerprint density at radius 2 is 2.09 bits per heavy atom. The quantitative estimate of drug-likeness (QED) is 0.568. The van der Waals surface area contributed by atoms with E-state index in [0.717, 1.165) is 66.1 Å². The fraction of sp³-hybridized carbons (Fsp3) is 0.500. The number of hydrogen-bond acceptors (Lipinski definition) is 6. The summed E-state index contributed by atoms with van der Waals surface area (Å²) in [6, 6.07) is 6.36. The van der Waals surface area contributed by atoms with Gasteiger partial charge in [0, 0.05) is 43.3 Å². The standard InChI is InChI=1S/C26H30N8O/c1-16-17(3-6-24(29-16)33-11-18-9-19(18)12-33)13-34-14-20(21(31-34)7-8-27)10-25(35)30-22-4-5-23-26(22)28-15-32(23)2/h3,6,14-15,18-19,22H,4-5,7,9-13H2,1-2H3,(H,30,35)/t18?,19?,22-/m1/s1. The normalized spacial score (nSPS) is 22.1. The number of nitrogens with zero attached hydrogens (tertiary/aromatic N) is 7. The van der Waals surface area contributed by atoms with Gasteiger partial charge in [-0.15, -0.1) is 0 Å². The van der Waals surface area contributed by atoms with Gasteiger partial charge in [0.2, 0.25) is 5.91 Å². The first-order valence-electron chi connectivity index (χ1n) is 12.4. The molecular formula is C26H30N8O. The van der Waals surface area contributed by atoms with Crippen LogP contribution in [-0.4, -0.2) is 43.3 Å². The Hall–Kier alpha value is -3.67. The molecule has 1 amide bonds. The molecule has 0 bridgehead atoms. The van der Waals surface area contributed by atoms with Crippen molar-refractivity contribution in [3.63, 3.8) is 0 Å². The van der Waals surface area contributed by atoms with Crippen LogP contribution in [0.1, 0.15) is 52.8 Å². The summed E-state index contributed by atoms with van der Waals surface area (Å²) >= 11 is 0. The SMILES string of the molecule is Cc1nc(N2CC3CC3C2)ccc1Cn1cc(CC(=O)N[C@@H]2CCc3c2ncn3C)c(CC#N)n1. The molecule has 1 saturated heterocycles. The largest absolute Gasteiger partial charge is 0.356 e. The van der Waals surface area contributed by atoms with Gasteiger partial charge in [-0.1, -0.05) is 6.07 Å². The second kappa shape index (κ2) is 8.52. The van der Waals surface area contributed by atoms with Crippen molar-refractivity contribution < 1.29 is 4.79 Å². The Morgan fingerprint density at radius 3 is 2.86 bits per heavy atom. The molecule has 3 aromatic rings. The van der Waals surface area contributed by atoms with E-state index in [-0.39, 0.29) is 24.8 Å². The number of amides is 1. The van der Waals surface area contributed by atoms with E-state index in [1.807, 2.05) is 29.4 Å². The summed E-state index contributed by atoms with van der Waals surface area (Å²) in [4.78, 5) is 24.6. The van der Waals surface area contributed by atoms with Crippen LogP contribution < -0.4 is 10.2 Å². The third-order valence-electron chi connectivity index (χ3n) is 7.76. The number of nitriles is 1. The highest BCUT2D eigenvalue weighted by Gasteiger charge is 2.45. The minimum Gasteiger partial charge on any atom is -0.356 e. The van der Waals surface area contributed by atoms with E-state index in [1.54, 1.807) is 6.33 Å². The molecule has 2 aliphatic carbocycles. The predicted octanol–water partition coefficient (Wildman–Crippen LogP) is 2.24. The van der Waals surface area contributed by atoms with E-state index in [9.17, 15) is 10.1 Å². The fourth-order valence-electron chi connectivity index (χ4n) is 5.68. The van der Waals surface area contributed by atoms with Crippen LogP contribution in [0.3, 0.4) is 0 Å². The average Bonchev–Trinajstić information content (AvgIpc) is 3.22. The van der Waals surface area contributed by atoms with Crippen molar-refractivity contribution in [3.8, 4) is 6.07 Å². The van der Waals surface area contributed by atoms with Gasteiger partial charge in [0.05, 0.1) is 49.2 Å². The van der Waals surface area contributed by atoms with Gasteiger partial charge in [-0.25, -0.2) is 9.97 Å². The highest BCUT2D eigenvalue weighted by Crippen LogP contribution is 2.46. The Balaban J connectivity index is 1.14. The molecule has 0 radical (unpaired) electrons. The number of aryl methyl sites for hydroxylation is 2. The molecule has 3 atom stereocenters. The van der Waals surface area contributed by atoms with Crippen molar-refractivity contribution in [1.82, 2.24) is 29.6 Å². The molecule has 6 rings (SSSR count). The lowest BCUT2D eigenvalue weighted by Gasteiger charge is -2.20. The first kappa shape index (κ1) is 21.8. The molecule has 0 spiro atoms. The smallest absolute Gasteiger partial charge is 0.225 e. The summed E-state index contributed by atoms with van der Waals surface area (Å²) in [7, 11) is 1.98. The van der Waals surface area contributed by atoms with Crippen LogP contribution >= 0.6 is 0 Å². The lowest BCUT2D eigenvalue weighted by Crippen LogP contribution is -2.29. The number of carbonyl (C=O) groups is 1. The van der Waals surface area contributed by atoms with Gasteiger partial charge >= 0.3 is 0 Å². The molecule has 1 N–H and O–H groups in total. The van der Waals surface area contributed by atoms with E-state index >= 15 is 0 Å².